The second kappa shape index (κ2) is 7.31. The van der Waals surface area contributed by atoms with E-state index in [9.17, 15) is 18.0 Å². The smallest absolute Gasteiger partial charge is 0.381 e. The largest absolute Gasteiger partial charge is 0.416 e. The van der Waals surface area contributed by atoms with Gasteiger partial charge >= 0.3 is 6.18 Å². The summed E-state index contributed by atoms with van der Waals surface area (Å²) < 4.78 is 43.3. The van der Waals surface area contributed by atoms with Crippen molar-refractivity contribution in [1.82, 2.24) is 4.90 Å². The first kappa shape index (κ1) is 17.7. The topological polar surface area (TPSA) is 41.6 Å². The van der Waals surface area contributed by atoms with Gasteiger partial charge < -0.3 is 10.1 Å². The summed E-state index contributed by atoms with van der Waals surface area (Å²) in [5.74, 6) is -0.313. The van der Waals surface area contributed by atoms with E-state index in [1.807, 2.05) is 11.8 Å². The molecule has 0 spiro atoms. The Labute approximate surface area is 133 Å². The Kier molecular flexibility index (Phi) is 5.64. The molecule has 4 nitrogen and oxygen atoms in total. The molecule has 128 valence electrons. The van der Waals surface area contributed by atoms with Crippen molar-refractivity contribution in [1.29, 1.82) is 0 Å². The summed E-state index contributed by atoms with van der Waals surface area (Å²) >= 11 is 0. The van der Waals surface area contributed by atoms with Crippen molar-refractivity contribution in [2.24, 2.45) is 0 Å². The van der Waals surface area contributed by atoms with Crippen LogP contribution in [0.5, 0.6) is 0 Å². The van der Waals surface area contributed by atoms with E-state index in [2.05, 4.69) is 5.32 Å². The van der Waals surface area contributed by atoms with Crippen molar-refractivity contribution in [3.63, 3.8) is 0 Å². The minimum absolute atomic E-state index is 0.157. The van der Waals surface area contributed by atoms with Crippen molar-refractivity contribution in [2.75, 3.05) is 25.5 Å². The number of benzene rings is 1. The molecule has 1 aromatic rings. The predicted octanol–water partition coefficient (Wildman–Crippen LogP) is 3.14. The van der Waals surface area contributed by atoms with Crippen LogP contribution in [-0.2, 0) is 15.7 Å². The van der Waals surface area contributed by atoms with E-state index in [-0.39, 0.29) is 30.3 Å². The molecule has 1 N–H and O–H groups in total. The maximum Gasteiger partial charge on any atom is 0.416 e. The Hall–Kier alpha value is -1.60. The highest BCUT2D eigenvalue weighted by molar-refractivity contribution is 5.92. The molecule has 1 aliphatic heterocycles. The van der Waals surface area contributed by atoms with Gasteiger partial charge in [0.2, 0.25) is 5.91 Å². The highest BCUT2D eigenvalue weighted by Crippen LogP contribution is 2.30. The van der Waals surface area contributed by atoms with Gasteiger partial charge in [0.1, 0.15) is 0 Å². The Bertz CT molecular complexity index is 548. The summed E-state index contributed by atoms with van der Waals surface area (Å²) in [6.45, 7) is 2.91. The third-order valence-corrected chi connectivity index (χ3v) is 4.12. The molecule has 1 saturated heterocycles. The molecule has 23 heavy (non-hydrogen) atoms. The number of hydrogen-bond acceptors (Lipinski definition) is 3. The molecule has 1 amide bonds. The van der Waals surface area contributed by atoms with Crippen molar-refractivity contribution < 1.29 is 22.7 Å². The number of nitrogens with one attached hydrogen (secondary N) is 1. The summed E-state index contributed by atoms with van der Waals surface area (Å²) in [4.78, 5) is 14.1. The summed E-state index contributed by atoms with van der Waals surface area (Å²) in [5, 5.41) is 2.54. The molecule has 2 rings (SSSR count). The first-order valence-electron chi connectivity index (χ1n) is 7.53. The van der Waals surface area contributed by atoms with Gasteiger partial charge in [0.05, 0.1) is 18.2 Å². The van der Waals surface area contributed by atoms with E-state index in [1.54, 1.807) is 7.11 Å². The Morgan fingerprint density at radius 2 is 2.17 bits per heavy atom. The fraction of sp³-hybridized carbons (Fsp3) is 0.562. The van der Waals surface area contributed by atoms with Gasteiger partial charge in [-0.3, -0.25) is 9.69 Å². The van der Waals surface area contributed by atoms with E-state index >= 15 is 0 Å². The number of hydrogen-bond donors (Lipinski definition) is 1. The fourth-order valence-electron chi connectivity index (χ4n) is 2.78. The number of likely N-dealkylation sites (tertiary alicyclic amines) is 1. The predicted molar refractivity (Wildman–Crippen MR) is 81.1 cm³/mol. The SMILES string of the molecule is CO[C@@H]1CCN(CC(=O)Nc2cccc(C(F)(F)F)c2)[C@H](C)C1. The molecule has 0 unspecified atom stereocenters. The quantitative estimate of drug-likeness (QED) is 0.922. The van der Waals surface area contributed by atoms with Crippen LogP contribution in [0, 0.1) is 0 Å². The molecular weight excluding hydrogens is 309 g/mol. The molecule has 2 atom stereocenters. The third kappa shape index (κ3) is 4.94. The van der Waals surface area contributed by atoms with E-state index < -0.39 is 11.7 Å². The van der Waals surface area contributed by atoms with Crippen LogP contribution < -0.4 is 5.32 Å². The van der Waals surface area contributed by atoms with Gasteiger partial charge in [0.15, 0.2) is 0 Å². The van der Waals surface area contributed by atoms with Gasteiger partial charge in [0.25, 0.3) is 0 Å². The monoisotopic (exact) mass is 330 g/mol. The number of alkyl halides is 3. The van der Waals surface area contributed by atoms with Gasteiger partial charge in [-0.25, -0.2) is 0 Å². The molecule has 0 aromatic heterocycles. The number of methoxy groups -OCH3 is 1. The molecule has 1 aromatic carbocycles. The lowest BCUT2D eigenvalue weighted by atomic mass is 10.0. The van der Waals surface area contributed by atoms with Crippen molar-refractivity contribution >= 4 is 11.6 Å². The van der Waals surface area contributed by atoms with E-state index in [4.69, 9.17) is 4.74 Å². The molecule has 1 fully saturated rings. The van der Waals surface area contributed by atoms with Crippen LogP contribution in [0.25, 0.3) is 0 Å². The number of piperidine rings is 1. The molecular formula is C16H21F3N2O2. The van der Waals surface area contributed by atoms with Crippen LogP contribution in [0.3, 0.4) is 0 Å². The van der Waals surface area contributed by atoms with Crippen molar-refractivity contribution in [2.45, 2.75) is 38.1 Å². The second-order valence-electron chi connectivity index (χ2n) is 5.83. The van der Waals surface area contributed by atoms with Gasteiger partial charge in [-0.1, -0.05) is 6.07 Å². The number of nitrogens with zero attached hydrogens (tertiary/aromatic N) is 1. The van der Waals surface area contributed by atoms with Crippen LogP contribution in [-0.4, -0.2) is 43.2 Å². The molecule has 1 heterocycles. The summed E-state index contributed by atoms with van der Waals surface area (Å²) in [5.41, 5.74) is -0.617. The summed E-state index contributed by atoms with van der Waals surface area (Å²) in [6.07, 6.45) is -2.53. The van der Waals surface area contributed by atoms with Crippen molar-refractivity contribution in [3.8, 4) is 0 Å². The van der Waals surface area contributed by atoms with Crippen LogP contribution in [0.15, 0.2) is 24.3 Å². The van der Waals surface area contributed by atoms with Gasteiger partial charge in [-0.2, -0.15) is 13.2 Å². The van der Waals surface area contributed by atoms with Gasteiger partial charge in [-0.15, -0.1) is 0 Å². The first-order valence-corrected chi connectivity index (χ1v) is 7.53. The summed E-state index contributed by atoms with van der Waals surface area (Å²) in [7, 11) is 1.67. The zero-order chi connectivity index (χ0) is 17.0. The molecule has 0 aliphatic carbocycles. The average Bonchev–Trinajstić information content (AvgIpc) is 2.48. The standard InChI is InChI=1S/C16H21F3N2O2/c1-11-8-14(23-2)6-7-21(11)10-15(22)20-13-5-3-4-12(9-13)16(17,18)19/h3-5,9,11,14H,6-8,10H2,1-2H3,(H,20,22)/t11-,14-/m1/s1. The average molecular weight is 330 g/mol. The van der Waals surface area contributed by atoms with Crippen molar-refractivity contribution in [3.05, 3.63) is 29.8 Å². The molecule has 0 bridgehead atoms. The molecule has 7 heteroatoms. The fourth-order valence-corrected chi connectivity index (χ4v) is 2.78. The van der Waals surface area contributed by atoms with E-state index in [0.29, 0.717) is 0 Å². The first-order chi connectivity index (χ1) is 10.8. The van der Waals surface area contributed by atoms with Crippen LogP contribution in [0.1, 0.15) is 25.3 Å². The van der Waals surface area contributed by atoms with Crippen LogP contribution in [0.2, 0.25) is 0 Å². The maximum atomic E-state index is 12.7. The molecule has 1 aliphatic rings. The van der Waals surface area contributed by atoms with E-state index in [1.165, 1.54) is 12.1 Å². The zero-order valence-electron chi connectivity index (χ0n) is 13.2. The minimum atomic E-state index is -4.42. The maximum absolute atomic E-state index is 12.7. The Morgan fingerprint density at radius 1 is 1.43 bits per heavy atom. The lowest BCUT2D eigenvalue weighted by Gasteiger charge is -2.36. The lowest BCUT2D eigenvalue weighted by Crippen LogP contribution is -2.46. The highest BCUT2D eigenvalue weighted by atomic mass is 19.4. The molecule has 0 saturated carbocycles. The number of carbonyl (C=O) groups excluding carboxylic acids is 1. The lowest BCUT2D eigenvalue weighted by molar-refractivity contribution is -0.137. The number of amides is 1. The normalized spacial score (nSPS) is 22.8. The Balaban J connectivity index is 1.93. The number of rotatable bonds is 4. The Morgan fingerprint density at radius 3 is 2.78 bits per heavy atom. The van der Waals surface area contributed by atoms with Gasteiger partial charge in [0, 0.05) is 25.4 Å². The second-order valence-corrected chi connectivity index (χ2v) is 5.83. The molecule has 0 radical (unpaired) electrons. The van der Waals surface area contributed by atoms with Gasteiger partial charge in [-0.05, 0) is 38.0 Å². The third-order valence-electron chi connectivity index (χ3n) is 4.12. The number of halogens is 3. The minimum Gasteiger partial charge on any atom is -0.381 e. The summed E-state index contributed by atoms with van der Waals surface area (Å²) in [6, 6.07) is 4.85. The van der Waals surface area contributed by atoms with Crippen LogP contribution in [0.4, 0.5) is 18.9 Å². The number of ether oxygens (including phenoxy) is 1. The zero-order valence-corrected chi connectivity index (χ0v) is 13.2. The number of anilines is 1. The van der Waals surface area contributed by atoms with E-state index in [0.717, 1.165) is 31.5 Å². The number of carbonyl (C=O) groups is 1. The van der Waals surface area contributed by atoms with Crippen LogP contribution >= 0.6 is 0 Å². The highest BCUT2D eigenvalue weighted by Gasteiger charge is 2.31.